The molecule has 0 bridgehead atoms. The Morgan fingerprint density at radius 2 is 1.84 bits per heavy atom. The van der Waals surface area contributed by atoms with Crippen molar-refractivity contribution in [2.45, 2.75) is 6.04 Å². The maximum atomic E-state index is 11.6. The van der Waals surface area contributed by atoms with Crippen molar-refractivity contribution in [3.05, 3.63) is 90.6 Å². The molecule has 2 aliphatic heterocycles. The zero-order chi connectivity index (χ0) is 20.3. The molecule has 0 aliphatic carbocycles. The lowest BCUT2D eigenvalue weighted by molar-refractivity contribution is -0.118. The van der Waals surface area contributed by atoms with Crippen LogP contribution in [0.4, 0.5) is 11.4 Å². The first-order chi connectivity index (χ1) is 14.7. The molecule has 1 amide bonds. The second-order valence-electron chi connectivity index (χ2n) is 7.09. The van der Waals surface area contributed by atoms with E-state index in [1.54, 1.807) is 0 Å². The molecule has 7 heteroatoms. The maximum Gasteiger partial charge on any atom is 0.262 e. The molecule has 2 heterocycles. The number of nitrogens with one attached hydrogen (secondary N) is 3. The van der Waals surface area contributed by atoms with Gasteiger partial charge in [0.1, 0.15) is 5.75 Å². The summed E-state index contributed by atoms with van der Waals surface area (Å²) in [4.78, 5) is 16.4. The lowest BCUT2D eigenvalue weighted by atomic mass is 10.0. The van der Waals surface area contributed by atoms with E-state index >= 15 is 0 Å². The first-order valence-corrected chi connectivity index (χ1v) is 9.75. The van der Waals surface area contributed by atoms with Gasteiger partial charge in [-0.05, 0) is 47.0 Å². The third kappa shape index (κ3) is 4.72. The SMILES string of the molecule is I.O=C1COc2ccc(C3C=CNC(Nc4cccc(-c5ccccc5)c4)=N3)cc2N1.[HH].[HH]. The van der Waals surface area contributed by atoms with E-state index in [0.717, 1.165) is 22.4 Å². The first kappa shape index (κ1) is 20.9. The van der Waals surface area contributed by atoms with Crippen molar-refractivity contribution in [2.24, 2.45) is 4.99 Å². The zero-order valence-corrected chi connectivity index (χ0v) is 18.9. The summed E-state index contributed by atoms with van der Waals surface area (Å²) in [5, 5.41) is 9.36. The highest BCUT2D eigenvalue weighted by Crippen LogP contribution is 2.32. The summed E-state index contributed by atoms with van der Waals surface area (Å²) in [5.41, 5.74) is 4.89. The van der Waals surface area contributed by atoms with Gasteiger partial charge < -0.3 is 20.7 Å². The number of halogens is 1. The highest BCUT2D eigenvalue weighted by Gasteiger charge is 2.19. The van der Waals surface area contributed by atoms with E-state index in [9.17, 15) is 4.79 Å². The van der Waals surface area contributed by atoms with E-state index in [-0.39, 0.29) is 45.4 Å². The van der Waals surface area contributed by atoms with Crippen LogP contribution in [-0.4, -0.2) is 18.5 Å². The monoisotopic (exact) mass is 528 g/mol. The van der Waals surface area contributed by atoms with Crippen molar-refractivity contribution in [2.75, 3.05) is 17.2 Å². The summed E-state index contributed by atoms with van der Waals surface area (Å²) < 4.78 is 5.44. The van der Waals surface area contributed by atoms with Crippen LogP contribution in [0.15, 0.2) is 90.1 Å². The van der Waals surface area contributed by atoms with Gasteiger partial charge in [-0.1, -0.05) is 48.5 Å². The largest absolute Gasteiger partial charge is 0.482 e. The summed E-state index contributed by atoms with van der Waals surface area (Å²) in [6.07, 6.45) is 3.84. The van der Waals surface area contributed by atoms with Crippen LogP contribution in [-0.2, 0) is 4.79 Å². The van der Waals surface area contributed by atoms with Crippen LogP contribution in [0.3, 0.4) is 0 Å². The second kappa shape index (κ2) is 9.22. The van der Waals surface area contributed by atoms with Gasteiger partial charge in [-0.15, -0.1) is 24.0 Å². The third-order valence-electron chi connectivity index (χ3n) is 4.98. The molecule has 2 aliphatic rings. The number of hydrogen-bond donors (Lipinski definition) is 3. The van der Waals surface area contributed by atoms with Crippen LogP contribution < -0.4 is 20.7 Å². The van der Waals surface area contributed by atoms with Gasteiger partial charge in [0.25, 0.3) is 5.91 Å². The normalized spacial score (nSPS) is 16.6. The summed E-state index contributed by atoms with van der Waals surface area (Å²) in [6, 6.07) is 24.0. The Morgan fingerprint density at radius 1 is 1.00 bits per heavy atom. The molecule has 0 radical (unpaired) electrons. The maximum absolute atomic E-state index is 11.6. The Morgan fingerprint density at radius 3 is 2.71 bits per heavy atom. The minimum absolute atomic E-state index is 0. The minimum atomic E-state index is -0.171. The molecular weight excluding hydrogens is 503 g/mol. The van der Waals surface area contributed by atoms with E-state index in [1.165, 1.54) is 0 Å². The van der Waals surface area contributed by atoms with Gasteiger partial charge in [-0.3, -0.25) is 4.79 Å². The molecule has 0 saturated heterocycles. The molecule has 3 aromatic carbocycles. The number of nitrogens with zero attached hydrogens (tertiary/aromatic N) is 1. The fourth-order valence-corrected chi connectivity index (χ4v) is 3.52. The molecule has 0 aromatic heterocycles. The summed E-state index contributed by atoms with van der Waals surface area (Å²) in [7, 11) is 0. The van der Waals surface area contributed by atoms with Crippen molar-refractivity contribution >= 4 is 47.2 Å². The van der Waals surface area contributed by atoms with Crippen LogP contribution in [0.2, 0.25) is 0 Å². The average Bonchev–Trinajstić information content (AvgIpc) is 2.79. The minimum Gasteiger partial charge on any atom is -0.482 e. The topological polar surface area (TPSA) is 74.8 Å². The molecule has 0 spiro atoms. The molecule has 6 nitrogen and oxygen atoms in total. The fraction of sp³-hybridized carbons (Fsp3) is 0.0833. The summed E-state index contributed by atoms with van der Waals surface area (Å²) in [5.74, 6) is 1.19. The summed E-state index contributed by atoms with van der Waals surface area (Å²) >= 11 is 0. The van der Waals surface area contributed by atoms with E-state index in [2.05, 4.69) is 40.2 Å². The highest BCUT2D eigenvalue weighted by atomic mass is 127. The highest BCUT2D eigenvalue weighted by molar-refractivity contribution is 14.0. The number of guanidine groups is 1. The number of anilines is 2. The van der Waals surface area contributed by atoms with Gasteiger partial charge in [-0.2, -0.15) is 0 Å². The molecular formula is C24H25IN4O2. The van der Waals surface area contributed by atoms with E-state index in [4.69, 9.17) is 9.73 Å². The quantitative estimate of drug-likeness (QED) is 0.397. The number of hydrogen-bond acceptors (Lipinski definition) is 5. The Balaban J connectivity index is 0.00000128. The van der Waals surface area contributed by atoms with Crippen LogP contribution in [0.5, 0.6) is 5.75 Å². The number of ether oxygens (including phenoxy) is 1. The fourth-order valence-electron chi connectivity index (χ4n) is 3.52. The first-order valence-electron chi connectivity index (χ1n) is 9.75. The van der Waals surface area contributed by atoms with Crippen molar-refractivity contribution in [3.8, 4) is 16.9 Å². The van der Waals surface area contributed by atoms with Gasteiger partial charge in [0, 0.05) is 14.7 Å². The molecule has 31 heavy (non-hydrogen) atoms. The number of benzene rings is 3. The lowest BCUT2D eigenvalue weighted by Crippen LogP contribution is -2.29. The Hall–Kier alpha value is -3.33. The Labute approximate surface area is 200 Å². The number of amides is 1. The van der Waals surface area contributed by atoms with Crippen molar-refractivity contribution in [1.29, 1.82) is 0 Å². The molecule has 5 rings (SSSR count). The van der Waals surface area contributed by atoms with Crippen molar-refractivity contribution in [3.63, 3.8) is 0 Å². The number of carbonyl (C=O) groups excluding carboxylic acids is 1. The van der Waals surface area contributed by atoms with E-state index in [0.29, 0.717) is 17.4 Å². The summed E-state index contributed by atoms with van der Waals surface area (Å²) in [6.45, 7) is 0.0495. The van der Waals surface area contributed by atoms with Crippen molar-refractivity contribution in [1.82, 2.24) is 5.32 Å². The third-order valence-corrected chi connectivity index (χ3v) is 4.98. The van der Waals surface area contributed by atoms with Gasteiger partial charge >= 0.3 is 0 Å². The molecule has 3 aromatic rings. The molecule has 0 fully saturated rings. The van der Waals surface area contributed by atoms with Gasteiger partial charge in [-0.25, -0.2) is 4.99 Å². The second-order valence-corrected chi connectivity index (χ2v) is 7.09. The lowest BCUT2D eigenvalue weighted by Gasteiger charge is -2.22. The van der Waals surface area contributed by atoms with E-state index < -0.39 is 0 Å². The van der Waals surface area contributed by atoms with Gasteiger partial charge in [0.15, 0.2) is 6.61 Å². The van der Waals surface area contributed by atoms with Crippen LogP contribution >= 0.6 is 24.0 Å². The number of fused-ring (bicyclic) bond motifs is 1. The van der Waals surface area contributed by atoms with Gasteiger partial charge in [0.2, 0.25) is 5.96 Å². The van der Waals surface area contributed by atoms with Crippen LogP contribution in [0.25, 0.3) is 11.1 Å². The molecule has 1 atom stereocenters. The standard InChI is InChI=1S/C24H20N4O2.HI.2H2/c29-23-15-30-22-10-9-18(14-21(22)27-23)20-11-12-25-24(28-20)26-19-8-4-7-17(13-19)16-5-2-1-3-6-16;;;/h1-14,20H,15H2,(H,27,29)(H2,25,26,28);3*1H. The molecule has 1 unspecified atom stereocenters. The average molecular weight is 528 g/mol. The molecule has 3 N–H and O–H groups in total. The number of carbonyl (C=O) groups is 1. The smallest absolute Gasteiger partial charge is 0.262 e. The number of rotatable bonds is 3. The molecule has 0 saturated carbocycles. The van der Waals surface area contributed by atoms with Crippen molar-refractivity contribution < 1.29 is 12.4 Å². The van der Waals surface area contributed by atoms with Crippen LogP contribution in [0.1, 0.15) is 14.5 Å². The predicted molar refractivity (Wildman–Crippen MR) is 138 cm³/mol. The molecule has 160 valence electrons. The Kier molecular flexibility index (Phi) is 6.22. The van der Waals surface area contributed by atoms with Crippen LogP contribution in [0, 0.1) is 0 Å². The van der Waals surface area contributed by atoms with Gasteiger partial charge in [0.05, 0.1) is 11.7 Å². The zero-order valence-electron chi connectivity index (χ0n) is 16.5. The Bertz CT molecular complexity index is 1170. The van der Waals surface area contributed by atoms with E-state index in [1.807, 2.05) is 60.8 Å². The predicted octanol–water partition coefficient (Wildman–Crippen LogP) is 5.42. The number of aliphatic imine (C=N–C) groups is 1.